The average molecular weight is 719 g/mol. The van der Waals surface area contributed by atoms with Gasteiger partial charge in [0, 0.05) is 42.8 Å². The maximum atomic E-state index is 15.6. The van der Waals surface area contributed by atoms with Crippen LogP contribution < -0.4 is 4.73 Å². The molecule has 3 aromatic carbocycles. The number of carbonyl (C=O) groups is 2. The normalized spacial score (nSPS) is 18.7. The molecule has 3 aromatic heterocycles. The number of hydrogen-bond acceptors (Lipinski definition) is 7. The van der Waals surface area contributed by atoms with Gasteiger partial charge in [0.05, 0.1) is 33.6 Å². The van der Waals surface area contributed by atoms with Gasteiger partial charge in [-0.25, -0.2) is 9.18 Å². The Hall–Kier alpha value is -5.95. The topological polar surface area (TPSA) is 146 Å². The maximum Gasteiger partial charge on any atom is 0.335 e. The largest absolute Gasteiger partial charge is 0.618 e. The van der Waals surface area contributed by atoms with Crippen molar-refractivity contribution in [3.63, 3.8) is 0 Å². The average Bonchev–Trinajstić information content (AvgIpc) is 3.61. The molecule has 52 heavy (non-hydrogen) atoms. The highest BCUT2D eigenvalue weighted by molar-refractivity contribution is 6.31. The van der Waals surface area contributed by atoms with Crippen LogP contribution in [0.1, 0.15) is 52.8 Å². The summed E-state index contributed by atoms with van der Waals surface area (Å²) in [7, 11) is 0. The van der Waals surface area contributed by atoms with E-state index < -0.39 is 17.8 Å². The second-order valence-corrected chi connectivity index (χ2v) is 13.7. The summed E-state index contributed by atoms with van der Waals surface area (Å²) in [5.41, 5.74) is 3.88. The Morgan fingerprint density at radius 1 is 1.02 bits per heavy atom. The van der Waals surface area contributed by atoms with E-state index in [2.05, 4.69) is 32.8 Å². The van der Waals surface area contributed by atoms with Crippen molar-refractivity contribution >= 4 is 23.5 Å². The Morgan fingerprint density at radius 3 is 2.54 bits per heavy atom. The number of carboxylic acids is 1. The van der Waals surface area contributed by atoms with E-state index >= 15 is 4.39 Å². The molecule has 1 saturated carbocycles. The molecule has 1 aliphatic carbocycles. The number of likely N-dealkylation sites (tertiary alicyclic amines) is 1. The first kappa shape index (κ1) is 33.2. The number of halogens is 2. The van der Waals surface area contributed by atoms with E-state index in [0.717, 1.165) is 17.5 Å². The van der Waals surface area contributed by atoms with Gasteiger partial charge in [0.15, 0.2) is 12.0 Å². The molecule has 2 aliphatic rings. The van der Waals surface area contributed by atoms with Crippen LogP contribution in [0.5, 0.6) is 0 Å². The highest BCUT2D eigenvalue weighted by Gasteiger charge is 2.48. The third-order valence-corrected chi connectivity index (χ3v) is 10.5. The molecular formula is C38H32ClFN8O4. The number of nitrogens with zero attached hydrogens (tertiary/aromatic N) is 8. The van der Waals surface area contributed by atoms with E-state index in [-0.39, 0.29) is 39.5 Å². The first-order chi connectivity index (χ1) is 25.2. The first-order valence-electron chi connectivity index (χ1n) is 16.9. The molecule has 12 nitrogen and oxygen atoms in total. The lowest BCUT2D eigenvalue weighted by Crippen LogP contribution is -2.36. The number of tetrazole rings is 1. The number of aromatic nitrogens is 7. The number of hydrogen-bond donors (Lipinski definition) is 1. The van der Waals surface area contributed by atoms with Crippen LogP contribution >= 0.6 is 11.6 Å². The lowest BCUT2D eigenvalue weighted by Gasteiger charge is -2.20. The van der Waals surface area contributed by atoms with Gasteiger partial charge < -0.3 is 15.2 Å². The Morgan fingerprint density at radius 2 is 1.81 bits per heavy atom. The molecule has 0 spiro atoms. The van der Waals surface area contributed by atoms with Crippen LogP contribution in [0.25, 0.3) is 27.9 Å². The summed E-state index contributed by atoms with van der Waals surface area (Å²) in [6.45, 7) is 1.40. The summed E-state index contributed by atoms with van der Waals surface area (Å²) in [6.07, 6.45) is 8.18. The van der Waals surface area contributed by atoms with Crippen LogP contribution in [0.3, 0.4) is 0 Å². The fourth-order valence-corrected chi connectivity index (χ4v) is 7.45. The molecule has 1 N–H and O–H groups in total. The molecule has 0 bridgehead atoms. The van der Waals surface area contributed by atoms with Crippen molar-refractivity contribution in [3.8, 4) is 27.9 Å². The standard InChI is InChI=1S/C38H32ClFN8O4/c39-31-11-13-33(47-22-41-43-44-47)35(36(31)40)27-10-12-32(48(52)21-27)34(46-20-29(18-42-46)24-6-8-25(9-7-24)38(50)51)17-28-16-30(28)37(49)45-15-14-26(19-45)23-4-2-1-3-5-23/h1-13,18,20-22,26,28,30,34H,14-17,19H2,(H,50,51)/t26?,28?,30-,34?/m1/s1. The Kier molecular flexibility index (Phi) is 8.71. The first-order valence-corrected chi connectivity index (χ1v) is 17.3. The van der Waals surface area contributed by atoms with Gasteiger partial charge in [0.2, 0.25) is 11.6 Å². The predicted molar refractivity (Wildman–Crippen MR) is 188 cm³/mol. The lowest BCUT2D eigenvalue weighted by molar-refractivity contribution is -0.615. The van der Waals surface area contributed by atoms with Crippen LogP contribution in [-0.4, -0.2) is 65.0 Å². The van der Waals surface area contributed by atoms with Crippen molar-refractivity contribution in [1.82, 2.24) is 34.9 Å². The van der Waals surface area contributed by atoms with Crippen molar-refractivity contribution in [3.05, 3.63) is 137 Å². The Bertz CT molecular complexity index is 2270. The van der Waals surface area contributed by atoms with Crippen LogP contribution in [0, 0.1) is 22.9 Å². The van der Waals surface area contributed by atoms with Crippen LogP contribution in [0.4, 0.5) is 4.39 Å². The minimum atomic E-state index is -1.02. The highest BCUT2D eigenvalue weighted by atomic mass is 35.5. The third kappa shape index (κ3) is 6.39. The molecule has 4 atom stereocenters. The second-order valence-electron chi connectivity index (χ2n) is 13.3. The zero-order valence-electron chi connectivity index (χ0n) is 27.7. The van der Waals surface area contributed by atoms with Crippen molar-refractivity contribution in [2.45, 2.75) is 31.2 Å². The zero-order chi connectivity index (χ0) is 35.9. The van der Waals surface area contributed by atoms with Gasteiger partial charge in [-0.05, 0) is 77.1 Å². The van der Waals surface area contributed by atoms with E-state index in [1.807, 2.05) is 29.3 Å². The van der Waals surface area contributed by atoms with E-state index in [1.165, 1.54) is 41.0 Å². The number of rotatable bonds is 10. The monoisotopic (exact) mass is 718 g/mol. The zero-order valence-corrected chi connectivity index (χ0v) is 28.4. The van der Waals surface area contributed by atoms with Gasteiger partial charge in [-0.3, -0.25) is 9.48 Å². The molecule has 0 radical (unpaired) electrons. The van der Waals surface area contributed by atoms with E-state index in [0.29, 0.717) is 48.0 Å². The van der Waals surface area contributed by atoms with Crippen LogP contribution in [0.15, 0.2) is 104 Å². The molecular weight excluding hydrogens is 687 g/mol. The molecule has 8 rings (SSSR count). The van der Waals surface area contributed by atoms with Crippen molar-refractivity contribution < 1.29 is 23.8 Å². The minimum Gasteiger partial charge on any atom is -0.618 e. The van der Waals surface area contributed by atoms with Crippen molar-refractivity contribution in [1.29, 1.82) is 0 Å². The third-order valence-electron chi connectivity index (χ3n) is 10.2. The molecule has 6 aromatic rings. The molecule has 1 amide bonds. The van der Waals surface area contributed by atoms with E-state index in [9.17, 15) is 19.9 Å². The van der Waals surface area contributed by atoms with Gasteiger partial charge in [0.25, 0.3) is 0 Å². The van der Waals surface area contributed by atoms with Crippen LogP contribution in [-0.2, 0) is 4.79 Å². The minimum absolute atomic E-state index is 0.0206. The van der Waals surface area contributed by atoms with E-state index in [1.54, 1.807) is 41.2 Å². The molecule has 2 fully saturated rings. The number of pyridine rings is 1. The SMILES string of the molecule is O=C(O)c1ccc(-c2cnn(C(CC3C[C@H]3C(=O)N3CCC(c4ccccc4)C3)c3ccc(-c4c(-n5cnnn5)ccc(Cl)c4F)c[n+]3[O-])c2)cc1. The summed E-state index contributed by atoms with van der Waals surface area (Å²) in [5.74, 6) is -1.43. The molecule has 1 aliphatic heterocycles. The predicted octanol–water partition coefficient (Wildman–Crippen LogP) is 5.95. The number of amides is 1. The van der Waals surface area contributed by atoms with Crippen LogP contribution in [0.2, 0.25) is 5.02 Å². The fourth-order valence-electron chi connectivity index (χ4n) is 7.29. The fraction of sp³-hybridized carbons (Fsp3) is 0.237. The van der Waals surface area contributed by atoms with Gasteiger partial charge >= 0.3 is 5.97 Å². The number of aromatic carboxylic acids is 1. The summed E-state index contributed by atoms with van der Waals surface area (Å²) in [6, 6.07) is 22.4. The molecule has 1 saturated heterocycles. The summed E-state index contributed by atoms with van der Waals surface area (Å²) in [5, 5.41) is 39.0. The van der Waals surface area contributed by atoms with Gasteiger partial charge in [-0.1, -0.05) is 54.1 Å². The van der Waals surface area contributed by atoms with E-state index in [4.69, 9.17) is 11.6 Å². The Balaban J connectivity index is 1.09. The summed E-state index contributed by atoms with van der Waals surface area (Å²) >= 11 is 6.17. The number of carbonyl (C=O) groups excluding carboxylic acids is 1. The van der Waals surface area contributed by atoms with Gasteiger partial charge in [-0.15, -0.1) is 5.10 Å². The summed E-state index contributed by atoms with van der Waals surface area (Å²) < 4.78 is 19.3. The number of carboxylic acid groups (broad SMARTS) is 1. The smallest absolute Gasteiger partial charge is 0.335 e. The second kappa shape index (κ2) is 13.6. The Labute approximate surface area is 302 Å². The van der Waals surface area contributed by atoms with Crippen molar-refractivity contribution in [2.24, 2.45) is 11.8 Å². The molecule has 3 unspecified atom stereocenters. The quantitative estimate of drug-likeness (QED) is 0.135. The lowest BCUT2D eigenvalue weighted by atomic mass is 9.99. The maximum absolute atomic E-state index is 15.6. The highest BCUT2D eigenvalue weighted by Crippen LogP contribution is 2.47. The summed E-state index contributed by atoms with van der Waals surface area (Å²) in [4.78, 5) is 27.1. The van der Waals surface area contributed by atoms with Gasteiger partial charge in [-0.2, -0.15) is 14.5 Å². The number of benzene rings is 3. The molecule has 262 valence electrons. The molecule has 4 heterocycles. The molecule has 14 heteroatoms. The van der Waals surface area contributed by atoms with Gasteiger partial charge in [0.1, 0.15) is 12.4 Å². The van der Waals surface area contributed by atoms with Crippen molar-refractivity contribution in [2.75, 3.05) is 13.1 Å².